The Kier molecular flexibility index (Phi) is 1.47. The minimum Gasteiger partial charge on any atom is -0.299 e. The van der Waals surface area contributed by atoms with Crippen molar-refractivity contribution >= 4 is 21.7 Å². The van der Waals surface area contributed by atoms with Crippen molar-refractivity contribution in [1.29, 1.82) is 0 Å². The van der Waals surface area contributed by atoms with E-state index in [4.69, 9.17) is 0 Å². The summed E-state index contributed by atoms with van der Waals surface area (Å²) in [4.78, 5) is 10.4. The van der Waals surface area contributed by atoms with Gasteiger partial charge in [-0.05, 0) is 6.42 Å². The van der Waals surface area contributed by atoms with Gasteiger partial charge in [0.25, 0.3) is 0 Å². The highest BCUT2D eigenvalue weighted by Gasteiger charge is 2.25. The highest BCUT2D eigenvalue weighted by Crippen LogP contribution is 2.23. The van der Waals surface area contributed by atoms with E-state index in [0.29, 0.717) is 11.7 Å². The zero-order valence-corrected chi connectivity index (χ0v) is 5.57. The molecule has 1 aliphatic carbocycles. The number of ketones is 1. The van der Waals surface area contributed by atoms with Crippen LogP contribution in [0.3, 0.4) is 0 Å². The zero-order valence-electron chi connectivity index (χ0n) is 3.98. The number of carbonyl (C=O) groups excluding carboxylic acids is 1. The molecule has 0 spiro atoms. The predicted octanol–water partition coefficient (Wildman–Crippen LogP) is 1.36. The third-order valence-corrected chi connectivity index (χ3v) is 2.16. The number of hydrogen-bond acceptors (Lipinski definition) is 1. The van der Waals surface area contributed by atoms with Gasteiger partial charge in [0, 0.05) is 17.7 Å². The van der Waals surface area contributed by atoms with Crippen LogP contribution in [-0.4, -0.2) is 11.1 Å². The quantitative estimate of drug-likeness (QED) is 0.533. The second-order valence-corrected chi connectivity index (χ2v) is 2.50. The molecule has 0 bridgehead atoms. The first-order valence-electron chi connectivity index (χ1n) is 2.43. The number of halogens is 1. The second kappa shape index (κ2) is 1.95. The number of hydrogen-bond donors (Lipinski definition) is 0. The van der Waals surface area contributed by atoms with Gasteiger partial charge in [0.15, 0.2) is 0 Å². The van der Waals surface area contributed by atoms with E-state index in [9.17, 15) is 4.79 Å². The maximum atomic E-state index is 10.4. The molecule has 1 fully saturated rings. The Hall–Kier alpha value is 0.150. The van der Waals surface area contributed by atoms with Crippen LogP contribution in [0.25, 0.3) is 0 Å². The Morgan fingerprint density at radius 1 is 1.86 bits per heavy atom. The summed E-state index contributed by atoms with van der Waals surface area (Å²) in [5.74, 6) is 0.789. The molecule has 2 heteroatoms. The minimum atomic E-state index is 0.361. The van der Waals surface area contributed by atoms with E-state index in [1.54, 1.807) is 0 Å². The van der Waals surface area contributed by atoms with E-state index in [1.165, 1.54) is 0 Å². The molecule has 1 rings (SSSR count). The molecule has 0 aromatic carbocycles. The van der Waals surface area contributed by atoms with Gasteiger partial charge in [-0.1, -0.05) is 15.9 Å². The summed E-state index contributed by atoms with van der Waals surface area (Å²) in [5, 5.41) is 0.867. The maximum absolute atomic E-state index is 10.4. The van der Waals surface area contributed by atoms with Crippen molar-refractivity contribution < 1.29 is 4.79 Å². The lowest BCUT2D eigenvalue weighted by Gasteiger charge is -2.20. The van der Waals surface area contributed by atoms with Gasteiger partial charge in [-0.2, -0.15) is 0 Å². The number of rotatable bonds is 1. The Bertz CT molecular complexity index is 88.1. The SMILES string of the molecule is O=C1CCC1CBr. The van der Waals surface area contributed by atoms with Crippen molar-refractivity contribution in [3.05, 3.63) is 0 Å². The van der Waals surface area contributed by atoms with Crippen molar-refractivity contribution in [3.8, 4) is 0 Å². The summed E-state index contributed by atoms with van der Waals surface area (Å²) in [6, 6.07) is 0. The largest absolute Gasteiger partial charge is 0.299 e. The second-order valence-electron chi connectivity index (χ2n) is 1.86. The first kappa shape index (κ1) is 5.29. The highest BCUT2D eigenvalue weighted by atomic mass is 79.9. The Labute approximate surface area is 51.2 Å². The van der Waals surface area contributed by atoms with E-state index in [-0.39, 0.29) is 0 Å². The average molecular weight is 163 g/mol. The molecule has 0 N–H and O–H groups in total. The summed E-state index contributed by atoms with van der Waals surface area (Å²) < 4.78 is 0. The van der Waals surface area contributed by atoms with Gasteiger partial charge in [0.2, 0.25) is 0 Å². The summed E-state index contributed by atoms with van der Waals surface area (Å²) in [6.07, 6.45) is 1.92. The monoisotopic (exact) mass is 162 g/mol. The number of Topliss-reactive ketones (excluding diaryl/α,β-unsaturated/α-hetero) is 1. The van der Waals surface area contributed by atoms with Crippen molar-refractivity contribution in [2.24, 2.45) is 5.92 Å². The molecule has 1 saturated carbocycles. The van der Waals surface area contributed by atoms with Crippen LogP contribution < -0.4 is 0 Å². The molecule has 1 aliphatic rings. The first-order valence-corrected chi connectivity index (χ1v) is 3.55. The summed E-state index contributed by atoms with van der Waals surface area (Å²) >= 11 is 3.25. The van der Waals surface area contributed by atoms with Gasteiger partial charge in [-0.25, -0.2) is 0 Å². The van der Waals surface area contributed by atoms with Crippen LogP contribution in [0.15, 0.2) is 0 Å². The van der Waals surface area contributed by atoms with E-state index < -0.39 is 0 Å². The molecule has 0 aliphatic heterocycles. The average Bonchev–Trinajstić information content (AvgIpc) is 1.65. The third kappa shape index (κ3) is 0.852. The summed E-state index contributed by atoms with van der Waals surface area (Å²) in [5.41, 5.74) is 0. The lowest BCUT2D eigenvalue weighted by atomic mass is 9.86. The Morgan fingerprint density at radius 2 is 2.57 bits per heavy atom. The zero-order chi connectivity index (χ0) is 5.28. The predicted molar refractivity (Wildman–Crippen MR) is 31.5 cm³/mol. The number of alkyl halides is 1. The fraction of sp³-hybridized carbons (Fsp3) is 0.800. The molecule has 40 valence electrons. The molecular formula is C5H7BrO. The topological polar surface area (TPSA) is 17.1 Å². The minimum absolute atomic E-state index is 0.361. The van der Waals surface area contributed by atoms with E-state index in [0.717, 1.165) is 18.2 Å². The highest BCUT2D eigenvalue weighted by molar-refractivity contribution is 9.09. The van der Waals surface area contributed by atoms with Gasteiger partial charge < -0.3 is 0 Å². The molecule has 0 amide bonds. The Morgan fingerprint density at radius 3 is 2.57 bits per heavy atom. The molecule has 0 aromatic heterocycles. The summed E-state index contributed by atoms with van der Waals surface area (Å²) in [7, 11) is 0. The Balaban J connectivity index is 2.29. The van der Waals surface area contributed by atoms with Gasteiger partial charge in [-0.15, -0.1) is 0 Å². The molecule has 1 nitrogen and oxygen atoms in total. The third-order valence-electron chi connectivity index (χ3n) is 1.38. The van der Waals surface area contributed by atoms with E-state index >= 15 is 0 Å². The molecule has 1 atom stereocenters. The van der Waals surface area contributed by atoms with Gasteiger partial charge in [-0.3, -0.25) is 4.79 Å². The van der Waals surface area contributed by atoms with E-state index in [1.807, 2.05) is 0 Å². The smallest absolute Gasteiger partial charge is 0.136 e. The molecule has 0 radical (unpaired) electrons. The standard InChI is InChI=1S/C5H7BrO/c6-3-4-1-2-5(4)7/h4H,1-3H2. The van der Waals surface area contributed by atoms with Crippen LogP contribution in [0.5, 0.6) is 0 Å². The lowest BCUT2D eigenvalue weighted by Crippen LogP contribution is -2.26. The van der Waals surface area contributed by atoms with Crippen molar-refractivity contribution in [2.45, 2.75) is 12.8 Å². The van der Waals surface area contributed by atoms with Gasteiger partial charge >= 0.3 is 0 Å². The fourth-order valence-electron chi connectivity index (χ4n) is 0.630. The lowest BCUT2D eigenvalue weighted by molar-refractivity contribution is -0.128. The van der Waals surface area contributed by atoms with Crippen LogP contribution in [0.4, 0.5) is 0 Å². The molecular weight excluding hydrogens is 156 g/mol. The van der Waals surface area contributed by atoms with Crippen LogP contribution in [0.2, 0.25) is 0 Å². The van der Waals surface area contributed by atoms with Crippen LogP contribution in [-0.2, 0) is 4.79 Å². The first-order chi connectivity index (χ1) is 3.34. The maximum Gasteiger partial charge on any atom is 0.136 e. The summed E-state index contributed by atoms with van der Waals surface area (Å²) in [6.45, 7) is 0. The normalized spacial score (nSPS) is 29.9. The molecule has 0 heterocycles. The number of carbonyl (C=O) groups is 1. The molecule has 0 aromatic rings. The van der Waals surface area contributed by atoms with Crippen LogP contribution >= 0.6 is 15.9 Å². The molecule has 7 heavy (non-hydrogen) atoms. The molecule has 0 saturated heterocycles. The van der Waals surface area contributed by atoms with Crippen molar-refractivity contribution in [1.82, 2.24) is 0 Å². The van der Waals surface area contributed by atoms with Crippen LogP contribution in [0.1, 0.15) is 12.8 Å². The van der Waals surface area contributed by atoms with Crippen molar-refractivity contribution in [3.63, 3.8) is 0 Å². The van der Waals surface area contributed by atoms with Gasteiger partial charge in [0.05, 0.1) is 0 Å². The van der Waals surface area contributed by atoms with Crippen molar-refractivity contribution in [2.75, 3.05) is 5.33 Å². The fourth-order valence-corrected chi connectivity index (χ4v) is 1.31. The van der Waals surface area contributed by atoms with E-state index in [2.05, 4.69) is 15.9 Å². The molecule has 1 unspecified atom stereocenters. The van der Waals surface area contributed by atoms with Gasteiger partial charge in [0.1, 0.15) is 5.78 Å². The van der Waals surface area contributed by atoms with Crippen LogP contribution in [0, 0.1) is 5.92 Å².